The fraction of sp³-hybridized carbons (Fsp3) is 0.600. The average molecular weight is 299 g/mol. The van der Waals surface area contributed by atoms with E-state index >= 15 is 0 Å². The molecule has 0 bridgehead atoms. The number of hydrogen-bond donors (Lipinski definition) is 1. The van der Waals surface area contributed by atoms with Gasteiger partial charge in [-0.3, -0.25) is 4.90 Å². The van der Waals surface area contributed by atoms with Crippen LogP contribution in [-0.4, -0.2) is 50.4 Å². The molecule has 0 aromatic heterocycles. The third-order valence-electron chi connectivity index (χ3n) is 3.58. The van der Waals surface area contributed by atoms with Crippen molar-refractivity contribution in [2.75, 3.05) is 38.7 Å². The summed E-state index contributed by atoms with van der Waals surface area (Å²) in [6.45, 7) is 7.94. The molecule has 0 saturated carbocycles. The first kappa shape index (κ1) is 15.4. The number of hydrogen-bond acceptors (Lipinski definition) is 4. The van der Waals surface area contributed by atoms with Crippen LogP contribution in [0.25, 0.3) is 0 Å². The van der Waals surface area contributed by atoms with Gasteiger partial charge in [0, 0.05) is 30.7 Å². The maximum atomic E-state index is 6.03. The molecule has 1 N–H and O–H groups in total. The highest BCUT2D eigenvalue weighted by molar-refractivity contribution is 6.30. The summed E-state index contributed by atoms with van der Waals surface area (Å²) in [6.07, 6.45) is 0.190. The minimum atomic E-state index is 0.190. The van der Waals surface area contributed by atoms with Crippen LogP contribution < -0.4 is 10.1 Å². The number of methoxy groups -OCH3 is 1. The first-order chi connectivity index (χ1) is 9.60. The van der Waals surface area contributed by atoms with E-state index in [2.05, 4.69) is 24.1 Å². The van der Waals surface area contributed by atoms with E-state index in [4.69, 9.17) is 21.1 Å². The fourth-order valence-electron chi connectivity index (χ4n) is 2.38. The second-order valence-corrected chi connectivity index (χ2v) is 5.74. The Morgan fingerprint density at radius 1 is 1.50 bits per heavy atom. The summed E-state index contributed by atoms with van der Waals surface area (Å²) in [4.78, 5) is 2.44. The lowest BCUT2D eigenvalue weighted by molar-refractivity contribution is -0.0315. The second kappa shape index (κ2) is 7.16. The highest BCUT2D eigenvalue weighted by atomic mass is 35.5. The van der Waals surface area contributed by atoms with Gasteiger partial charge in [0.2, 0.25) is 0 Å². The molecule has 0 aliphatic carbocycles. The van der Waals surface area contributed by atoms with Gasteiger partial charge >= 0.3 is 0 Å². The van der Waals surface area contributed by atoms with E-state index in [0.717, 1.165) is 37.7 Å². The molecule has 1 fully saturated rings. The molecule has 1 aliphatic rings. The molecule has 1 saturated heterocycles. The molecule has 4 nitrogen and oxygen atoms in total. The molecular formula is C15H23ClN2O2. The van der Waals surface area contributed by atoms with Gasteiger partial charge in [-0.25, -0.2) is 0 Å². The van der Waals surface area contributed by atoms with Crippen molar-refractivity contribution in [3.05, 3.63) is 23.2 Å². The molecular weight excluding hydrogens is 276 g/mol. The van der Waals surface area contributed by atoms with Crippen LogP contribution in [0.1, 0.15) is 13.8 Å². The zero-order valence-electron chi connectivity index (χ0n) is 12.4. The molecule has 2 rings (SSSR count). The molecule has 1 aromatic rings. The van der Waals surface area contributed by atoms with Gasteiger partial charge in [-0.05, 0) is 32.0 Å². The first-order valence-corrected chi connectivity index (χ1v) is 7.41. The Kier molecular flexibility index (Phi) is 5.52. The lowest BCUT2D eigenvalue weighted by Gasteiger charge is -2.35. The molecule has 1 unspecified atom stereocenters. The summed E-state index contributed by atoms with van der Waals surface area (Å²) in [5.74, 6) is 0.797. The van der Waals surface area contributed by atoms with Crippen LogP contribution in [0, 0.1) is 0 Å². The largest absolute Gasteiger partial charge is 0.495 e. The van der Waals surface area contributed by atoms with Crippen molar-refractivity contribution in [3.8, 4) is 5.75 Å². The Labute approximate surface area is 126 Å². The number of rotatable bonds is 5. The molecule has 1 atom stereocenters. The van der Waals surface area contributed by atoms with Crippen LogP contribution in [0.15, 0.2) is 18.2 Å². The van der Waals surface area contributed by atoms with Gasteiger partial charge in [0.1, 0.15) is 5.75 Å². The van der Waals surface area contributed by atoms with Crippen molar-refractivity contribution >= 4 is 17.3 Å². The molecule has 1 aliphatic heterocycles. The summed E-state index contributed by atoms with van der Waals surface area (Å²) in [7, 11) is 1.66. The SMILES string of the molecule is COc1ccc(Cl)cc1NCC1CN(C(C)C)CCO1. The van der Waals surface area contributed by atoms with Crippen LogP contribution in [0.3, 0.4) is 0 Å². The number of nitrogens with one attached hydrogen (secondary N) is 1. The van der Waals surface area contributed by atoms with Crippen molar-refractivity contribution in [3.63, 3.8) is 0 Å². The maximum absolute atomic E-state index is 6.03. The van der Waals surface area contributed by atoms with Gasteiger partial charge in [0.15, 0.2) is 0 Å². The van der Waals surface area contributed by atoms with Crippen molar-refractivity contribution < 1.29 is 9.47 Å². The Hall–Kier alpha value is -0.970. The first-order valence-electron chi connectivity index (χ1n) is 7.03. The Balaban J connectivity index is 1.93. The molecule has 20 heavy (non-hydrogen) atoms. The maximum Gasteiger partial charge on any atom is 0.142 e. The predicted octanol–water partition coefficient (Wildman–Crippen LogP) is 2.87. The van der Waals surface area contributed by atoms with Crippen LogP contribution >= 0.6 is 11.6 Å². The molecule has 1 aromatic carbocycles. The monoisotopic (exact) mass is 298 g/mol. The number of halogens is 1. The summed E-state index contributed by atoms with van der Waals surface area (Å²) in [6, 6.07) is 6.13. The summed E-state index contributed by atoms with van der Waals surface area (Å²) in [5.41, 5.74) is 0.908. The lowest BCUT2D eigenvalue weighted by Crippen LogP contribution is -2.48. The van der Waals surface area contributed by atoms with Gasteiger partial charge < -0.3 is 14.8 Å². The van der Waals surface area contributed by atoms with Crippen LogP contribution in [0.5, 0.6) is 5.75 Å². The van der Waals surface area contributed by atoms with Crippen molar-refractivity contribution in [1.29, 1.82) is 0 Å². The normalized spacial score (nSPS) is 20.1. The average Bonchev–Trinajstić information content (AvgIpc) is 2.45. The zero-order chi connectivity index (χ0) is 14.5. The number of nitrogens with zero attached hydrogens (tertiary/aromatic N) is 1. The van der Waals surface area contributed by atoms with E-state index in [1.165, 1.54) is 0 Å². The minimum absolute atomic E-state index is 0.190. The summed E-state index contributed by atoms with van der Waals surface area (Å²) in [5, 5.41) is 4.07. The number of benzene rings is 1. The van der Waals surface area contributed by atoms with Crippen molar-refractivity contribution in [2.45, 2.75) is 26.0 Å². The Morgan fingerprint density at radius 3 is 3.00 bits per heavy atom. The van der Waals surface area contributed by atoms with E-state index in [1.54, 1.807) is 7.11 Å². The van der Waals surface area contributed by atoms with E-state index in [9.17, 15) is 0 Å². The molecule has 1 heterocycles. The van der Waals surface area contributed by atoms with E-state index in [-0.39, 0.29) is 6.10 Å². The molecule has 5 heteroatoms. The van der Waals surface area contributed by atoms with Crippen molar-refractivity contribution in [1.82, 2.24) is 4.90 Å². The van der Waals surface area contributed by atoms with Gasteiger partial charge in [0.05, 0.1) is 25.5 Å². The van der Waals surface area contributed by atoms with Gasteiger partial charge in [-0.15, -0.1) is 0 Å². The lowest BCUT2D eigenvalue weighted by atomic mass is 10.2. The highest BCUT2D eigenvalue weighted by Crippen LogP contribution is 2.27. The number of ether oxygens (including phenoxy) is 2. The molecule has 0 spiro atoms. The highest BCUT2D eigenvalue weighted by Gasteiger charge is 2.22. The van der Waals surface area contributed by atoms with Gasteiger partial charge in [-0.1, -0.05) is 11.6 Å². The van der Waals surface area contributed by atoms with Crippen LogP contribution in [0.2, 0.25) is 5.02 Å². The van der Waals surface area contributed by atoms with Crippen LogP contribution in [-0.2, 0) is 4.74 Å². The van der Waals surface area contributed by atoms with E-state index in [1.807, 2.05) is 18.2 Å². The summed E-state index contributed by atoms with van der Waals surface area (Å²) >= 11 is 6.03. The van der Waals surface area contributed by atoms with E-state index < -0.39 is 0 Å². The van der Waals surface area contributed by atoms with E-state index in [0.29, 0.717) is 11.1 Å². The quantitative estimate of drug-likeness (QED) is 0.906. The van der Waals surface area contributed by atoms with Gasteiger partial charge in [0.25, 0.3) is 0 Å². The van der Waals surface area contributed by atoms with Crippen molar-refractivity contribution in [2.24, 2.45) is 0 Å². The third-order valence-corrected chi connectivity index (χ3v) is 3.82. The predicted molar refractivity (Wildman–Crippen MR) is 82.9 cm³/mol. The van der Waals surface area contributed by atoms with Crippen LogP contribution in [0.4, 0.5) is 5.69 Å². The number of anilines is 1. The topological polar surface area (TPSA) is 33.7 Å². The standard InChI is InChI=1S/C15H23ClN2O2/c1-11(2)18-6-7-20-13(10-18)9-17-14-8-12(16)4-5-15(14)19-3/h4-5,8,11,13,17H,6-7,9-10H2,1-3H3. The van der Waals surface area contributed by atoms with Gasteiger partial charge in [-0.2, -0.15) is 0 Å². The summed E-state index contributed by atoms with van der Waals surface area (Å²) < 4.78 is 11.1. The molecule has 0 amide bonds. The third kappa shape index (κ3) is 4.01. The number of morpholine rings is 1. The smallest absolute Gasteiger partial charge is 0.142 e. The molecule has 112 valence electrons. The molecule has 0 radical (unpaired) electrons. The Bertz CT molecular complexity index is 440. The fourth-order valence-corrected chi connectivity index (χ4v) is 2.55. The minimum Gasteiger partial charge on any atom is -0.495 e. The zero-order valence-corrected chi connectivity index (χ0v) is 13.1. The second-order valence-electron chi connectivity index (χ2n) is 5.31. The Morgan fingerprint density at radius 2 is 2.30 bits per heavy atom.